The topological polar surface area (TPSA) is 55.1 Å². The highest BCUT2D eigenvalue weighted by Crippen LogP contribution is 2.44. The molecule has 1 fully saturated rings. The van der Waals surface area contributed by atoms with Crippen molar-refractivity contribution in [2.75, 3.05) is 5.73 Å². The minimum absolute atomic E-state index is 0.0217. The average Bonchev–Trinajstić information content (AvgIpc) is 2.79. The molecule has 1 aliphatic carbocycles. The van der Waals surface area contributed by atoms with Crippen molar-refractivity contribution >= 4 is 11.6 Å². The van der Waals surface area contributed by atoms with Crippen LogP contribution in [0.4, 0.5) is 14.5 Å². The molecule has 17 heavy (non-hydrogen) atoms. The van der Waals surface area contributed by atoms with E-state index < -0.39 is 17.5 Å². The Morgan fingerprint density at radius 1 is 1.41 bits per heavy atom. The minimum Gasteiger partial charge on any atom is -0.398 e. The van der Waals surface area contributed by atoms with E-state index in [2.05, 4.69) is 5.32 Å². The molecule has 1 aliphatic rings. The number of nitrogen functional groups attached to an aromatic ring is 1. The van der Waals surface area contributed by atoms with Gasteiger partial charge >= 0.3 is 0 Å². The molecule has 1 aromatic carbocycles. The first kappa shape index (κ1) is 11.8. The molecular formula is C12H14F2N2O. The Bertz CT molecular complexity index is 486. The van der Waals surface area contributed by atoms with Gasteiger partial charge in [-0.05, 0) is 17.9 Å². The second-order valence-electron chi connectivity index (χ2n) is 5.07. The molecule has 0 heterocycles. The maximum atomic E-state index is 13.0. The quantitative estimate of drug-likeness (QED) is 0.777. The van der Waals surface area contributed by atoms with Crippen molar-refractivity contribution in [3.63, 3.8) is 0 Å². The van der Waals surface area contributed by atoms with Crippen LogP contribution in [0.5, 0.6) is 0 Å². The smallest absolute Gasteiger partial charge is 0.253 e. The molecule has 0 aromatic heterocycles. The van der Waals surface area contributed by atoms with Crippen molar-refractivity contribution < 1.29 is 13.6 Å². The van der Waals surface area contributed by atoms with Gasteiger partial charge < -0.3 is 11.1 Å². The van der Waals surface area contributed by atoms with Gasteiger partial charge in [0.1, 0.15) is 0 Å². The van der Waals surface area contributed by atoms with Gasteiger partial charge in [0.15, 0.2) is 11.6 Å². The lowest BCUT2D eigenvalue weighted by molar-refractivity contribution is 0.0946. The van der Waals surface area contributed by atoms with Crippen LogP contribution in [0.1, 0.15) is 30.6 Å². The van der Waals surface area contributed by atoms with Crippen LogP contribution in [0, 0.1) is 17.0 Å². The van der Waals surface area contributed by atoms with E-state index in [0.29, 0.717) is 0 Å². The van der Waals surface area contributed by atoms with Crippen molar-refractivity contribution in [2.24, 2.45) is 5.41 Å². The molecule has 3 N–H and O–H groups in total. The molecule has 1 amide bonds. The van der Waals surface area contributed by atoms with Gasteiger partial charge in [-0.15, -0.1) is 0 Å². The first-order chi connectivity index (χ1) is 7.81. The van der Waals surface area contributed by atoms with Gasteiger partial charge in [0.2, 0.25) is 0 Å². The van der Waals surface area contributed by atoms with Crippen LogP contribution in [-0.2, 0) is 0 Å². The first-order valence-corrected chi connectivity index (χ1v) is 5.36. The summed E-state index contributed by atoms with van der Waals surface area (Å²) < 4.78 is 25.8. The predicted octanol–water partition coefficient (Wildman–Crippen LogP) is 2.08. The maximum Gasteiger partial charge on any atom is 0.253 e. The highest BCUT2D eigenvalue weighted by atomic mass is 19.2. The van der Waals surface area contributed by atoms with Gasteiger partial charge in [0.25, 0.3) is 5.91 Å². The zero-order valence-corrected chi connectivity index (χ0v) is 9.68. The lowest BCUT2D eigenvalue weighted by Crippen LogP contribution is -2.29. The van der Waals surface area contributed by atoms with Crippen LogP contribution in [0.25, 0.3) is 0 Å². The number of hydrogen-bond donors (Lipinski definition) is 2. The van der Waals surface area contributed by atoms with Gasteiger partial charge in [-0.25, -0.2) is 8.78 Å². The van der Waals surface area contributed by atoms with Gasteiger partial charge in [0.05, 0.1) is 5.56 Å². The molecule has 1 unspecified atom stereocenters. The van der Waals surface area contributed by atoms with Crippen molar-refractivity contribution in [1.82, 2.24) is 5.32 Å². The number of nitrogens with one attached hydrogen (secondary N) is 1. The van der Waals surface area contributed by atoms with Gasteiger partial charge in [-0.1, -0.05) is 13.8 Å². The number of benzene rings is 1. The van der Waals surface area contributed by atoms with E-state index in [1.54, 1.807) is 0 Å². The van der Waals surface area contributed by atoms with E-state index in [4.69, 9.17) is 5.73 Å². The summed E-state index contributed by atoms with van der Waals surface area (Å²) in [7, 11) is 0. The van der Waals surface area contributed by atoms with Crippen LogP contribution in [-0.4, -0.2) is 11.9 Å². The standard InChI is InChI=1S/C12H14F2N2O/c1-12(2)5-10(12)16-11(17)6-3-7(13)8(14)4-9(6)15/h3-4,10H,5,15H2,1-2H3,(H,16,17). The molecule has 0 aliphatic heterocycles. The van der Waals surface area contributed by atoms with E-state index in [9.17, 15) is 13.6 Å². The van der Waals surface area contributed by atoms with Crippen molar-refractivity contribution in [3.8, 4) is 0 Å². The molecule has 0 radical (unpaired) electrons. The van der Waals surface area contributed by atoms with Crippen LogP contribution in [0.15, 0.2) is 12.1 Å². The Morgan fingerprint density at radius 2 is 1.94 bits per heavy atom. The van der Waals surface area contributed by atoms with E-state index >= 15 is 0 Å². The summed E-state index contributed by atoms with van der Waals surface area (Å²) in [6.07, 6.45) is 0.877. The number of halogens is 2. The number of carbonyl (C=O) groups excluding carboxylic acids is 1. The molecule has 1 aromatic rings. The van der Waals surface area contributed by atoms with Gasteiger partial charge in [-0.2, -0.15) is 0 Å². The fraction of sp³-hybridized carbons (Fsp3) is 0.417. The SMILES string of the molecule is CC1(C)CC1NC(=O)c1cc(F)c(F)cc1N. The second-order valence-corrected chi connectivity index (χ2v) is 5.07. The van der Waals surface area contributed by atoms with Crippen molar-refractivity contribution in [1.29, 1.82) is 0 Å². The molecule has 1 atom stereocenters. The summed E-state index contributed by atoms with van der Waals surface area (Å²) in [5, 5.41) is 2.74. The normalized spacial score (nSPS) is 21.1. The highest BCUT2D eigenvalue weighted by molar-refractivity contribution is 5.99. The van der Waals surface area contributed by atoms with Crippen LogP contribution in [0.3, 0.4) is 0 Å². The summed E-state index contributed by atoms with van der Waals surface area (Å²) in [5.74, 6) is -2.58. The predicted molar refractivity (Wildman–Crippen MR) is 60.4 cm³/mol. The fourth-order valence-corrected chi connectivity index (χ4v) is 1.71. The zero-order valence-electron chi connectivity index (χ0n) is 9.68. The third-order valence-corrected chi connectivity index (χ3v) is 3.16. The molecule has 92 valence electrons. The number of carbonyl (C=O) groups is 1. The number of hydrogen-bond acceptors (Lipinski definition) is 2. The van der Waals surface area contributed by atoms with E-state index in [0.717, 1.165) is 18.6 Å². The molecule has 0 spiro atoms. The zero-order chi connectivity index (χ0) is 12.8. The summed E-state index contributed by atoms with van der Waals surface area (Å²) in [6, 6.07) is 1.72. The summed E-state index contributed by atoms with van der Waals surface area (Å²) in [5.41, 5.74) is 5.48. The minimum atomic E-state index is -1.07. The number of anilines is 1. The van der Waals surface area contributed by atoms with Crippen LogP contribution in [0.2, 0.25) is 0 Å². The van der Waals surface area contributed by atoms with Gasteiger partial charge in [-0.3, -0.25) is 4.79 Å². The molecule has 0 saturated heterocycles. The Kier molecular flexibility index (Phi) is 2.56. The third-order valence-electron chi connectivity index (χ3n) is 3.16. The van der Waals surface area contributed by atoms with Gasteiger partial charge in [0, 0.05) is 17.8 Å². The maximum absolute atomic E-state index is 13.0. The monoisotopic (exact) mass is 240 g/mol. The van der Waals surface area contributed by atoms with E-state index in [1.807, 2.05) is 13.8 Å². The Balaban J connectivity index is 2.17. The first-order valence-electron chi connectivity index (χ1n) is 5.36. The molecule has 1 saturated carbocycles. The highest BCUT2D eigenvalue weighted by Gasteiger charge is 2.46. The number of amides is 1. The van der Waals surface area contributed by atoms with Crippen molar-refractivity contribution in [2.45, 2.75) is 26.3 Å². The number of nitrogens with two attached hydrogens (primary N) is 1. The fourth-order valence-electron chi connectivity index (χ4n) is 1.71. The molecule has 2 rings (SSSR count). The molecular weight excluding hydrogens is 226 g/mol. The number of rotatable bonds is 2. The average molecular weight is 240 g/mol. The van der Waals surface area contributed by atoms with Crippen LogP contribution >= 0.6 is 0 Å². The summed E-state index contributed by atoms with van der Waals surface area (Å²) in [4.78, 5) is 11.8. The summed E-state index contributed by atoms with van der Waals surface area (Å²) >= 11 is 0. The van der Waals surface area contributed by atoms with Crippen molar-refractivity contribution in [3.05, 3.63) is 29.3 Å². The van der Waals surface area contributed by atoms with Crippen LogP contribution < -0.4 is 11.1 Å². The lowest BCUT2D eigenvalue weighted by Gasteiger charge is -2.09. The molecule has 0 bridgehead atoms. The summed E-state index contributed by atoms with van der Waals surface area (Å²) in [6.45, 7) is 4.04. The largest absolute Gasteiger partial charge is 0.398 e. The lowest BCUT2D eigenvalue weighted by atomic mass is 10.1. The van der Waals surface area contributed by atoms with E-state index in [-0.39, 0.29) is 22.7 Å². The Hall–Kier alpha value is -1.65. The second kappa shape index (κ2) is 3.68. The molecule has 5 heteroatoms. The van der Waals surface area contributed by atoms with E-state index in [1.165, 1.54) is 0 Å². The third kappa shape index (κ3) is 2.23. The molecule has 3 nitrogen and oxygen atoms in total. The Labute approximate surface area is 98.0 Å². The Morgan fingerprint density at radius 3 is 2.47 bits per heavy atom.